The Kier molecular flexibility index (Phi) is 5.61. The minimum atomic E-state index is -0.279. The third-order valence-corrected chi connectivity index (χ3v) is 5.64. The van der Waals surface area contributed by atoms with E-state index in [0.717, 1.165) is 23.6 Å². The van der Waals surface area contributed by atoms with E-state index in [4.69, 9.17) is 0 Å². The molecule has 30 heavy (non-hydrogen) atoms. The number of hydrogen-bond donors (Lipinski definition) is 1. The molecule has 1 aliphatic rings. The Labute approximate surface area is 175 Å². The monoisotopic (exact) mass is 400 g/mol. The molecular formula is C25H24N2O3. The van der Waals surface area contributed by atoms with Crippen molar-refractivity contribution in [2.45, 2.75) is 19.8 Å². The Morgan fingerprint density at radius 3 is 2.57 bits per heavy atom. The lowest BCUT2D eigenvalue weighted by Crippen LogP contribution is -2.43. The maximum atomic E-state index is 13.2. The number of likely N-dealkylation sites (tertiary alicyclic amines) is 1. The zero-order valence-electron chi connectivity index (χ0n) is 16.9. The number of Topliss-reactive ketones (excluding diaryl/α,β-unsaturated/α-hetero) is 1. The number of nitrogens with one attached hydrogen (secondary N) is 1. The number of carbonyl (C=O) groups excluding carboxylic acids is 3. The van der Waals surface area contributed by atoms with Crippen LogP contribution < -0.4 is 5.32 Å². The van der Waals surface area contributed by atoms with Crippen molar-refractivity contribution in [3.05, 3.63) is 77.9 Å². The van der Waals surface area contributed by atoms with E-state index in [9.17, 15) is 14.4 Å². The number of hydrogen-bond acceptors (Lipinski definition) is 3. The van der Waals surface area contributed by atoms with E-state index in [1.165, 1.54) is 6.92 Å². The molecule has 5 heteroatoms. The molecule has 5 nitrogen and oxygen atoms in total. The summed E-state index contributed by atoms with van der Waals surface area (Å²) in [4.78, 5) is 39.4. The van der Waals surface area contributed by atoms with Crippen LogP contribution in [0.2, 0.25) is 0 Å². The zero-order chi connectivity index (χ0) is 21.1. The standard InChI is InChI=1S/C25H24N2O3/c1-17(28)19-9-4-11-21(15-19)26-24(29)20-10-6-14-27(16-20)25(30)23-13-5-8-18-7-2-3-12-22(18)23/h2-5,7-9,11-13,15,20H,6,10,14,16H2,1H3,(H,26,29). The van der Waals surface area contributed by atoms with Crippen LogP contribution in [-0.2, 0) is 4.79 Å². The predicted molar refractivity (Wildman–Crippen MR) is 118 cm³/mol. The van der Waals surface area contributed by atoms with Crippen LogP contribution in [0.3, 0.4) is 0 Å². The maximum absolute atomic E-state index is 13.2. The average molecular weight is 400 g/mol. The van der Waals surface area contributed by atoms with Gasteiger partial charge in [-0.25, -0.2) is 0 Å². The SMILES string of the molecule is CC(=O)c1cccc(NC(=O)C2CCCN(C(=O)c3cccc4ccccc34)C2)c1. The number of amides is 2. The van der Waals surface area contributed by atoms with Crippen molar-refractivity contribution in [2.75, 3.05) is 18.4 Å². The Morgan fingerprint density at radius 2 is 1.73 bits per heavy atom. The second-order valence-electron chi connectivity index (χ2n) is 7.74. The first kappa shape index (κ1) is 19.8. The van der Waals surface area contributed by atoms with Crippen molar-refractivity contribution >= 4 is 34.1 Å². The molecule has 1 heterocycles. The number of fused-ring (bicyclic) bond motifs is 1. The molecule has 1 N–H and O–H groups in total. The van der Waals surface area contributed by atoms with Crippen molar-refractivity contribution in [1.29, 1.82) is 0 Å². The van der Waals surface area contributed by atoms with Crippen molar-refractivity contribution in [1.82, 2.24) is 4.90 Å². The fraction of sp³-hybridized carbons (Fsp3) is 0.240. The van der Waals surface area contributed by atoms with E-state index < -0.39 is 0 Å². The molecule has 0 spiro atoms. The van der Waals surface area contributed by atoms with Gasteiger partial charge in [-0.05, 0) is 48.7 Å². The Hall–Kier alpha value is -3.47. The van der Waals surface area contributed by atoms with Gasteiger partial charge >= 0.3 is 0 Å². The van der Waals surface area contributed by atoms with Gasteiger partial charge in [-0.1, -0.05) is 48.5 Å². The number of nitrogens with zero attached hydrogens (tertiary/aromatic N) is 1. The summed E-state index contributed by atoms with van der Waals surface area (Å²) in [6, 6.07) is 20.5. The highest BCUT2D eigenvalue weighted by Crippen LogP contribution is 2.24. The molecule has 3 aromatic carbocycles. The van der Waals surface area contributed by atoms with Gasteiger partial charge in [0, 0.05) is 29.9 Å². The fourth-order valence-electron chi connectivity index (χ4n) is 4.02. The molecule has 1 fully saturated rings. The van der Waals surface area contributed by atoms with Crippen molar-refractivity contribution in [2.24, 2.45) is 5.92 Å². The molecule has 3 aromatic rings. The van der Waals surface area contributed by atoms with Crippen molar-refractivity contribution in [3.63, 3.8) is 0 Å². The maximum Gasteiger partial charge on any atom is 0.254 e. The van der Waals surface area contributed by atoms with Crippen LogP contribution in [0.15, 0.2) is 66.7 Å². The number of carbonyl (C=O) groups is 3. The van der Waals surface area contributed by atoms with Gasteiger partial charge in [0.25, 0.3) is 5.91 Å². The number of benzene rings is 3. The molecule has 152 valence electrons. The summed E-state index contributed by atoms with van der Waals surface area (Å²) in [7, 11) is 0. The first-order valence-electron chi connectivity index (χ1n) is 10.2. The molecule has 0 aromatic heterocycles. The van der Waals surface area contributed by atoms with E-state index in [-0.39, 0.29) is 23.5 Å². The summed E-state index contributed by atoms with van der Waals surface area (Å²) < 4.78 is 0. The highest BCUT2D eigenvalue weighted by atomic mass is 16.2. The van der Waals surface area contributed by atoms with Crippen molar-refractivity contribution < 1.29 is 14.4 Å². The highest BCUT2D eigenvalue weighted by molar-refractivity contribution is 6.07. The quantitative estimate of drug-likeness (QED) is 0.654. The largest absolute Gasteiger partial charge is 0.338 e. The van der Waals surface area contributed by atoms with Crippen LogP contribution in [0.1, 0.15) is 40.5 Å². The molecule has 0 radical (unpaired) electrons. The van der Waals surface area contributed by atoms with E-state index >= 15 is 0 Å². The van der Waals surface area contributed by atoms with E-state index in [2.05, 4.69) is 5.32 Å². The van der Waals surface area contributed by atoms with Crippen LogP contribution in [-0.4, -0.2) is 35.6 Å². The van der Waals surface area contributed by atoms with Gasteiger partial charge < -0.3 is 10.2 Å². The molecule has 1 aliphatic heterocycles. The molecule has 1 saturated heterocycles. The summed E-state index contributed by atoms with van der Waals surface area (Å²) in [5, 5.41) is 4.86. The van der Waals surface area contributed by atoms with Gasteiger partial charge in [0.05, 0.1) is 5.92 Å². The molecule has 4 rings (SSSR count). The molecule has 1 unspecified atom stereocenters. The number of piperidine rings is 1. The van der Waals surface area contributed by atoms with Gasteiger partial charge in [0.15, 0.2) is 5.78 Å². The molecule has 2 amide bonds. The summed E-state index contributed by atoms with van der Waals surface area (Å²) in [6.07, 6.45) is 1.51. The van der Waals surface area contributed by atoms with Gasteiger partial charge in [-0.2, -0.15) is 0 Å². The lowest BCUT2D eigenvalue weighted by Gasteiger charge is -2.32. The third-order valence-electron chi connectivity index (χ3n) is 5.64. The highest BCUT2D eigenvalue weighted by Gasteiger charge is 2.29. The second kappa shape index (κ2) is 8.49. The lowest BCUT2D eigenvalue weighted by atomic mass is 9.95. The van der Waals surface area contributed by atoms with Crippen LogP contribution >= 0.6 is 0 Å². The number of ketones is 1. The number of anilines is 1. The van der Waals surface area contributed by atoms with Gasteiger partial charge in [0.2, 0.25) is 5.91 Å². The lowest BCUT2D eigenvalue weighted by molar-refractivity contribution is -0.121. The van der Waals surface area contributed by atoms with Crippen LogP contribution in [0, 0.1) is 5.92 Å². The van der Waals surface area contributed by atoms with E-state index in [1.54, 1.807) is 29.2 Å². The average Bonchev–Trinajstić information content (AvgIpc) is 2.78. The summed E-state index contributed by atoms with van der Waals surface area (Å²) in [5.41, 5.74) is 1.83. The van der Waals surface area contributed by atoms with Gasteiger partial charge in [-0.15, -0.1) is 0 Å². The first-order chi connectivity index (χ1) is 14.5. The topological polar surface area (TPSA) is 66.5 Å². The van der Waals surface area contributed by atoms with Gasteiger partial charge in [-0.3, -0.25) is 14.4 Å². The Bertz CT molecular complexity index is 1120. The molecular weight excluding hydrogens is 376 g/mol. The fourth-order valence-corrected chi connectivity index (χ4v) is 4.02. The van der Waals surface area contributed by atoms with Gasteiger partial charge in [0.1, 0.15) is 0 Å². The second-order valence-corrected chi connectivity index (χ2v) is 7.74. The Balaban J connectivity index is 1.49. The summed E-state index contributed by atoms with van der Waals surface area (Å²) in [5.74, 6) is -0.483. The Morgan fingerprint density at radius 1 is 0.967 bits per heavy atom. The third kappa shape index (κ3) is 4.10. The van der Waals surface area contributed by atoms with Crippen LogP contribution in [0.5, 0.6) is 0 Å². The van der Waals surface area contributed by atoms with Crippen LogP contribution in [0.25, 0.3) is 10.8 Å². The molecule has 0 aliphatic carbocycles. The summed E-state index contributed by atoms with van der Waals surface area (Å²) in [6.45, 7) is 2.53. The smallest absolute Gasteiger partial charge is 0.254 e. The normalized spacial score (nSPS) is 16.3. The van der Waals surface area contributed by atoms with E-state index in [0.29, 0.717) is 29.9 Å². The minimum absolute atomic E-state index is 0.0390. The predicted octanol–water partition coefficient (Wildman–Crippen LogP) is 4.53. The zero-order valence-corrected chi connectivity index (χ0v) is 16.9. The molecule has 1 atom stereocenters. The summed E-state index contributed by atoms with van der Waals surface area (Å²) >= 11 is 0. The van der Waals surface area contributed by atoms with Crippen LogP contribution in [0.4, 0.5) is 5.69 Å². The molecule has 0 saturated carbocycles. The number of rotatable bonds is 4. The molecule has 0 bridgehead atoms. The first-order valence-corrected chi connectivity index (χ1v) is 10.2. The minimum Gasteiger partial charge on any atom is -0.338 e. The van der Waals surface area contributed by atoms with Crippen molar-refractivity contribution in [3.8, 4) is 0 Å². The van der Waals surface area contributed by atoms with E-state index in [1.807, 2.05) is 42.5 Å².